The first-order chi connectivity index (χ1) is 11.1. The SMILES string of the molecule is CN(C)CCCNc1ccnc(C(=O)NCc2ccccc2)c1. The first-order valence-corrected chi connectivity index (χ1v) is 7.82. The van der Waals surface area contributed by atoms with E-state index >= 15 is 0 Å². The molecule has 5 heteroatoms. The molecule has 0 aliphatic rings. The second kappa shape index (κ2) is 8.90. The van der Waals surface area contributed by atoms with Crippen LogP contribution in [-0.2, 0) is 6.54 Å². The van der Waals surface area contributed by atoms with Crippen LogP contribution in [0, 0.1) is 0 Å². The number of hydrogen-bond donors (Lipinski definition) is 2. The van der Waals surface area contributed by atoms with Gasteiger partial charge in [0.05, 0.1) is 0 Å². The molecule has 2 rings (SSSR count). The summed E-state index contributed by atoms with van der Waals surface area (Å²) in [5.74, 6) is -0.161. The van der Waals surface area contributed by atoms with E-state index in [4.69, 9.17) is 0 Å². The van der Waals surface area contributed by atoms with E-state index in [1.54, 1.807) is 12.3 Å². The van der Waals surface area contributed by atoms with E-state index in [1.807, 2.05) is 36.4 Å². The van der Waals surface area contributed by atoms with Gasteiger partial charge in [-0.3, -0.25) is 9.78 Å². The molecule has 0 saturated heterocycles. The molecule has 122 valence electrons. The second-order valence-corrected chi connectivity index (χ2v) is 5.68. The summed E-state index contributed by atoms with van der Waals surface area (Å²) in [5, 5.41) is 6.21. The van der Waals surface area contributed by atoms with Gasteiger partial charge < -0.3 is 15.5 Å². The van der Waals surface area contributed by atoms with Gasteiger partial charge in [-0.05, 0) is 44.8 Å². The first kappa shape index (κ1) is 17.0. The fourth-order valence-electron chi connectivity index (χ4n) is 2.16. The summed E-state index contributed by atoms with van der Waals surface area (Å²) >= 11 is 0. The van der Waals surface area contributed by atoms with E-state index in [0.29, 0.717) is 12.2 Å². The Balaban J connectivity index is 1.84. The van der Waals surface area contributed by atoms with Crippen molar-refractivity contribution in [3.63, 3.8) is 0 Å². The van der Waals surface area contributed by atoms with Gasteiger partial charge in [-0.15, -0.1) is 0 Å². The quantitative estimate of drug-likeness (QED) is 0.735. The molecular weight excluding hydrogens is 288 g/mol. The Morgan fingerprint density at radius 2 is 1.96 bits per heavy atom. The van der Waals surface area contributed by atoms with Gasteiger partial charge in [0.25, 0.3) is 5.91 Å². The molecule has 0 bridgehead atoms. The highest BCUT2D eigenvalue weighted by Crippen LogP contribution is 2.08. The zero-order valence-electron chi connectivity index (χ0n) is 13.7. The van der Waals surface area contributed by atoms with Crippen LogP contribution < -0.4 is 10.6 Å². The minimum atomic E-state index is -0.161. The lowest BCUT2D eigenvalue weighted by atomic mass is 10.2. The smallest absolute Gasteiger partial charge is 0.270 e. The van der Waals surface area contributed by atoms with E-state index in [2.05, 4.69) is 34.6 Å². The van der Waals surface area contributed by atoms with E-state index in [9.17, 15) is 4.79 Å². The zero-order chi connectivity index (χ0) is 16.5. The predicted octanol–water partition coefficient (Wildman–Crippen LogP) is 2.38. The van der Waals surface area contributed by atoms with Crippen LogP contribution in [0.4, 0.5) is 5.69 Å². The van der Waals surface area contributed by atoms with Crippen molar-refractivity contribution in [3.05, 3.63) is 59.9 Å². The van der Waals surface area contributed by atoms with Gasteiger partial charge in [0.2, 0.25) is 0 Å². The fraction of sp³-hybridized carbons (Fsp3) is 0.333. The molecule has 0 unspecified atom stereocenters. The van der Waals surface area contributed by atoms with Crippen molar-refractivity contribution >= 4 is 11.6 Å². The third-order valence-corrected chi connectivity index (χ3v) is 3.40. The van der Waals surface area contributed by atoms with Crippen LogP contribution in [-0.4, -0.2) is 43.0 Å². The molecule has 5 nitrogen and oxygen atoms in total. The minimum Gasteiger partial charge on any atom is -0.385 e. The molecule has 0 aliphatic carbocycles. The van der Waals surface area contributed by atoms with Crippen molar-refractivity contribution in [2.75, 3.05) is 32.5 Å². The number of pyridine rings is 1. The van der Waals surface area contributed by atoms with E-state index in [-0.39, 0.29) is 5.91 Å². The largest absolute Gasteiger partial charge is 0.385 e. The fourth-order valence-corrected chi connectivity index (χ4v) is 2.16. The van der Waals surface area contributed by atoms with Gasteiger partial charge in [0.15, 0.2) is 0 Å². The van der Waals surface area contributed by atoms with Gasteiger partial charge in [-0.25, -0.2) is 0 Å². The molecule has 23 heavy (non-hydrogen) atoms. The molecule has 1 heterocycles. The lowest BCUT2D eigenvalue weighted by molar-refractivity contribution is 0.0946. The van der Waals surface area contributed by atoms with E-state index < -0.39 is 0 Å². The minimum absolute atomic E-state index is 0.161. The van der Waals surface area contributed by atoms with Crippen molar-refractivity contribution < 1.29 is 4.79 Å². The Morgan fingerprint density at radius 1 is 1.17 bits per heavy atom. The van der Waals surface area contributed by atoms with Crippen LogP contribution in [0.5, 0.6) is 0 Å². The molecule has 0 aliphatic heterocycles. The number of carbonyl (C=O) groups excluding carboxylic acids is 1. The normalized spacial score (nSPS) is 10.6. The number of rotatable bonds is 8. The summed E-state index contributed by atoms with van der Waals surface area (Å²) in [6, 6.07) is 13.5. The van der Waals surface area contributed by atoms with Gasteiger partial charge in [-0.1, -0.05) is 30.3 Å². The maximum absolute atomic E-state index is 12.2. The maximum Gasteiger partial charge on any atom is 0.270 e. The summed E-state index contributed by atoms with van der Waals surface area (Å²) in [6.07, 6.45) is 2.70. The monoisotopic (exact) mass is 312 g/mol. The lowest BCUT2D eigenvalue weighted by Gasteiger charge is -2.11. The summed E-state index contributed by atoms with van der Waals surface area (Å²) in [7, 11) is 4.11. The summed E-state index contributed by atoms with van der Waals surface area (Å²) in [6.45, 7) is 2.40. The first-order valence-electron chi connectivity index (χ1n) is 7.82. The highest BCUT2D eigenvalue weighted by Gasteiger charge is 2.07. The Bertz CT molecular complexity index is 613. The van der Waals surface area contributed by atoms with Crippen LogP contribution in [0.2, 0.25) is 0 Å². The predicted molar refractivity (Wildman–Crippen MR) is 93.5 cm³/mol. The van der Waals surface area contributed by atoms with E-state index in [0.717, 1.165) is 30.8 Å². The topological polar surface area (TPSA) is 57.3 Å². The molecule has 2 N–H and O–H groups in total. The molecule has 1 amide bonds. The molecule has 1 aromatic carbocycles. The van der Waals surface area contributed by atoms with Crippen molar-refractivity contribution in [2.45, 2.75) is 13.0 Å². The van der Waals surface area contributed by atoms with E-state index in [1.165, 1.54) is 0 Å². The number of anilines is 1. The van der Waals surface area contributed by atoms with Crippen molar-refractivity contribution in [3.8, 4) is 0 Å². The van der Waals surface area contributed by atoms with Crippen LogP contribution in [0.3, 0.4) is 0 Å². The second-order valence-electron chi connectivity index (χ2n) is 5.68. The Morgan fingerprint density at radius 3 is 2.70 bits per heavy atom. The van der Waals surface area contributed by atoms with Gasteiger partial charge >= 0.3 is 0 Å². The van der Waals surface area contributed by atoms with Crippen LogP contribution in [0.15, 0.2) is 48.7 Å². The number of aromatic nitrogens is 1. The Kier molecular flexibility index (Phi) is 6.56. The standard InChI is InChI=1S/C18H24N4O/c1-22(2)12-6-10-19-16-9-11-20-17(13-16)18(23)21-14-15-7-4-3-5-8-15/h3-5,7-9,11,13H,6,10,12,14H2,1-2H3,(H,19,20)(H,21,23). The van der Waals surface area contributed by atoms with Crippen LogP contribution in [0.1, 0.15) is 22.5 Å². The molecule has 2 aromatic rings. The number of nitrogens with one attached hydrogen (secondary N) is 2. The molecule has 0 radical (unpaired) electrons. The summed E-state index contributed by atoms with van der Waals surface area (Å²) < 4.78 is 0. The molecule has 0 spiro atoms. The van der Waals surface area contributed by atoms with Gasteiger partial charge in [0, 0.05) is 25.0 Å². The average Bonchev–Trinajstić information content (AvgIpc) is 2.57. The van der Waals surface area contributed by atoms with Crippen LogP contribution in [0.25, 0.3) is 0 Å². The van der Waals surface area contributed by atoms with Gasteiger partial charge in [-0.2, -0.15) is 0 Å². The number of benzene rings is 1. The van der Waals surface area contributed by atoms with Crippen molar-refractivity contribution in [1.82, 2.24) is 15.2 Å². The number of hydrogen-bond acceptors (Lipinski definition) is 4. The maximum atomic E-state index is 12.2. The number of carbonyl (C=O) groups is 1. The highest BCUT2D eigenvalue weighted by atomic mass is 16.1. The Hall–Kier alpha value is -2.40. The van der Waals surface area contributed by atoms with Crippen molar-refractivity contribution in [2.24, 2.45) is 0 Å². The number of amides is 1. The zero-order valence-corrected chi connectivity index (χ0v) is 13.7. The molecule has 0 fully saturated rings. The molecular formula is C18H24N4O. The van der Waals surface area contributed by atoms with Gasteiger partial charge in [0.1, 0.15) is 5.69 Å². The highest BCUT2D eigenvalue weighted by molar-refractivity contribution is 5.93. The third kappa shape index (κ3) is 6.08. The average molecular weight is 312 g/mol. The number of nitrogens with zero attached hydrogens (tertiary/aromatic N) is 2. The molecule has 1 aromatic heterocycles. The third-order valence-electron chi connectivity index (χ3n) is 3.40. The van der Waals surface area contributed by atoms with Crippen LogP contribution >= 0.6 is 0 Å². The Labute approximate surface area is 137 Å². The molecule has 0 atom stereocenters. The van der Waals surface area contributed by atoms with Crippen molar-refractivity contribution in [1.29, 1.82) is 0 Å². The summed E-state index contributed by atoms with van der Waals surface area (Å²) in [5.41, 5.74) is 2.42. The summed E-state index contributed by atoms with van der Waals surface area (Å²) in [4.78, 5) is 18.5. The molecule has 0 saturated carbocycles. The lowest BCUT2D eigenvalue weighted by Crippen LogP contribution is -2.24.